The lowest BCUT2D eigenvalue weighted by molar-refractivity contribution is -0.0613. The van der Waals surface area contributed by atoms with Gasteiger partial charge in [-0.2, -0.15) is 0 Å². The second-order valence-electron chi connectivity index (χ2n) is 9.97. The first-order chi connectivity index (χ1) is 19.9. The van der Waals surface area contributed by atoms with Gasteiger partial charge in [-0.25, -0.2) is 8.42 Å². The molecule has 0 aromatic heterocycles. The van der Waals surface area contributed by atoms with Crippen LogP contribution in [0, 0.1) is 6.92 Å². The molecule has 0 heterocycles. The quantitative estimate of drug-likeness (QED) is 0.114. The smallest absolute Gasteiger partial charge is 0.196 e. The van der Waals surface area contributed by atoms with Gasteiger partial charge in [-0.3, -0.25) is 0 Å². The van der Waals surface area contributed by atoms with Crippen LogP contribution < -0.4 is 14.5 Å². The van der Waals surface area contributed by atoms with Crippen LogP contribution in [0.5, 0.6) is 5.75 Å². The van der Waals surface area contributed by atoms with Gasteiger partial charge in [0.2, 0.25) is 0 Å². The molecule has 224 valence electrons. The molecule has 0 saturated heterocycles. The first-order valence-corrected chi connectivity index (χ1v) is 16.2. The Morgan fingerprint density at radius 3 is 1.69 bits per heavy atom. The van der Waals surface area contributed by atoms with E-state index in [0.29, 0.717) is 6.61 Å². The molecule has 1 unspecified atom stereocenters. The summed E-state index contributed by atoms with van der Waals surface area (Å²) in [7, 11) is 3.81. The monoisotopic (exact) mass is 608 g/mol. The van der Waals surface area contributed by atoms with Crippen molar-refractivity contribution in [1.29, 1.82) is 0 Å². The van der Waals surface area contributed by atoms with E-state index in [0.717, 1.165) is 11.3 Å². The van der Waals surface area contributed by atoms with Gasteiger partial charge in [0.05, 0.1) is 15.8 Å². The Morgan fingerprint density at radius 1 is 0.762 bits per heavy atom. The van der Waals surface area contributed by atoms with E-state index in [9.17, 15) is 13.0 Å². The number of hydrogen-bond donors (Lipinski definition) is 0. The zero-order valence-corrected chi connectivity index (χ0v) is 26.9. The summed E-state index contributed by atoms with van der Waals surface area (Å²) in [6, 6.07) is 31.8. The van der Waals surface area contributed by atoms with Crippen LogP contribution in [0.1, 0.15) is 19.4 Å². The molecule has 0 N–H and O–H groups in total. The molecule has 9 heteroatoms. The second-order valence-corrected chi connectivity index (χ2v) is 13.4. The summed E-state index contributed by atoms with van der Waals surface area (Å²) in [6.45, 7) is 6.34. The standard InChI is InChI=1S/C26H33N2O2S.C7H8O3S/c1-7-29-20(2)30-23-14-16-24(17-15-23)31(25-12-8-10-21(18-25)27(3)4)26-13-9-11-22(19-26)28(5)6;1-6-2-4-7(5-3-6)11(8,9)10/h8-20H,7H2,1-6H3;2-5H,1H3,(H,8,9,10)/q+1;/p-1. The summed E-state index contributed by atoms with van der Waals surface area (Å²) in [4.78, 5) is 7.95. The van der Waals surface area contributed by atoms with Gasteiger partial charge in [-0.15, -0.1) is 0 Å². The number of ether oxygens (including phenoxy) is 2. The fourth-order valence-corrected chi connectivity index (χ4v) is 6.61. The van der Waals surface area contributed by atoms with Crippen LogP contribution in [0.3, 0.4) is 0 Å². The van der Waals surface area contributed by atoms with Gasteiger partial charge in [0, 0.05) is 58.3 Å². The van der Waals surface area contributed by atoms with E-state index in [1.54, 1.807) is 12.1 Å². The van der Waals surface area contributed by atoms with Crippen LogP contribution in [0.4, 0.5) is 11.4 Å². The Hall–Kier alpha value is -3.50. The highest BCUT2D eigenvalue weighted by Gasteiger charge is 2.30. The van der Waals surface area contributed by atoms with Gasteiger partial charge >= 0.3 is 0 Å². The topological polar surface area (TPSA) is 82.1 Å². The third kappa shape index (κ3) is 9.52. The maximum absolute atomic E-state index is 10.4. The lowest BCUT2D eigenvalue weighted by Crippen LogP contribution is -2.16. The van der Waals surface area contributed by atoms with Crippen LogP contribution in [0.25, 0.3) is 0 Å². The first-order valence-electron chi connectivity index (χ1n) is 13.6. The fraction of sp³-hybridized carbons (Fsp3) is 0.273. The first kappa shape index (κ1) is 33.0. The summed E-state index contributed by atoms with van der Waals surface area (Å²) in [5.41, 5.74) is 3.32. The number of rotatable bonds is 10. The number of nitrogens with zero attached hydrogens (tertiary/aromatic N) is 2. The number of anilines is 2. The summed E-state index contributed by atoms with van der Waals surface area (Å²) in [6.07, 6.45) is -0.261. The van der Waals surface area contributed by atoms with Gasteiger partial charge in [-0.1, -0.05) is 29.8 Å². The van der Waals surface area contributed by atoms with E-state index < -0.39 is 10.1 Å². The Labute approximate surface area is 253 Å². The Bertz CT molecular complexity index is 1470. The van der Waals surface area contributed by atoms with Crippen molar-refractivity contribution in [3.8, 4) is 5.75 Å². The molecular formula is C33H40N2O5S2. The molecule has 0 aliphatic carbocycles. The van der Waals surface area contributed by atoms with Crippen molar-refractivity contribution in [1.82, 2.24) is 0 Å². The van der Waals surface area contributed by atoms with Crippen molar-refractivity contribution in [2.45, 2.75) is 46.6 Å². The van der Waals surface area contributed by atoms with Crippen molar-refractivity contribution < 1.29 is 22.4 Å². The zero-order chi connectivity index (χ0) is 30.9. The predicted octanol–water partition coefficient (Wildman–Crippen LogP) is 6.57. The maximum Gasteiger partial charge on any atom is 0.196 e. The molecule has 4 rings (SSSR count). The van der Waals surface area contributed by atoms with Gasteiger partial charge in [-0.05, 0) is 81.4 Å². The van der Waals surface area contributed by atoms with Crippen molar-refractivity contribution in [2.75, 3.05) is 44.6 Å². The molecule has 0 spiro atoms. The minimum absolute atomic E-state index is 0.178. The van der Waals surface area contributed by atoms with Crippen LogP contribution in [0.15, 0.2) is 117 Å². The summed E-state index contributed by atoms with van der Waals surface area (Å²) >= 11 is 0. The Kier molecular flexibility index (Phi) is 11.9. The van der Waals surface area contributed by atoms with Crippen molar-refractivity contribution >= 4 is 32.4 Å². The largest absolute Gasteiger partial charge is 0.744 e. The molecule has 4 aromatic rings. The summed E-state index contributed by atoms with van der Waals surface area (Å²) in [5, 5.41) is 0. The normalized spacial score (nSPS) is 11.8. The van der Waals surface area contributed by atoms with Crippen molar-refractivity contribution in [2.24, 2.45) is 0 Å². The molecule has 0 saturated carbocycles. The lowest BCUT2D eigenvalue weighted by Gasteiger charge is -2.17. The van der Waals surface area contributed by atoms with Crippen molar-refractivity contribution in [3.05, 3.63) is 103 Å². The minimum Gasteiger partial charge on any atom is -0.744 e. The SMILES string of the molecule is CCOC(C)Oc1ccc([S+](c2cccc(N(C)C)c2)c2cccc(N(C)C)c2)cc1.Cc1ccc(S(=O)(=O)[O-])cc1. The summed E-state index contributed by atoms with van der Waals surface area (Å²) < 4.78 is 42.5. The van der Waals surface area contributed by atoms with E-state index in [1.807, 2.05) is 32.9 Å². The highest BCUT2D eigenvalue weighted by molar-refractivity contribution is 7.97. The third-order valence-electron chi connectivity index (χ3n) is 6.21. The molecule has 0 radical (unpaired) electrons. The average Bonchev–Trinajstić information content (AvgIpc) is 2.95. The van der Waals surface area contributed by atoms with Crippen LogP contribution >= 0.6 is 0 Å². The highest BCUT2D eigenvalue weighted by Crippen LogP contribution is 2.35. The van der Waals surface area contributed by atoms with Crippen molar-refractivity contribution in [3.63, 3.8) is 0 Å². The highest BCUT2D eigenvalue weighted by atomic mass is 32.2. The van der Waals surface area contributed by atoms with Crippen LogP contribution in [0.2, 0.25) is 0 Å². The molecule has 42 heavy (non-hydrogen) atoms. The lowest BCUT2D eigenvalue weighted by atomic mass is 10.2. The van der Waals surface area contributed by atoms with Crippen LogP contribution in [-0.2, 0) is 25.7 Å². The summed E-state index contributed by atoms with van der Waals surface area (Å²) in [5.74, 6) is 0.817. The Balaban J connectivity index is 0.000000369. The van der Waals surface area contributed by atoms with Gasteiger partial charge in [0.25, 0.3) is 0 Å². The zero-order valence-electron chi connectivity index (χ0n) is 25.3. The van der Waals surface area contributed by atoms with E-state index in [4.69, 9.17) is 9.47 Å². The fourth-order valence-electron chi connectivity index (χ4n) is 4.01. The van der Waals surface area contributed by atoms with Crippen LogP contribution in [-0.4, -0.2) is 54.1 Å². The second kappa shape index (κ2) is 15.1. The molecule has 0 aliphatic rings. The molecule has 0 aliphatic heterocycles. The molecule has 7 nitrogen and oxygen atoms in total. The molecule has 4 aromatic carbocycles. The number of aryl methyl sites for hydroxylation is 1. The number of benzene rings is 4. The number of hydrogen-bond acceptors (Lipinski definition) is 7. The van der Waals surface area contributed by atoms with E-state index >= 15 is 0 Å². The van der Waals surface area contributed by atoms with E-state index in [2.05, 4.69) is 98.7 Å². The molecule has 0 bridgehead atoms. The third-order valence-corrected chi connectivity index (χ3v) is 9.26. The van der Waals surface area contributed by atoms with E-state index in [-0.39, 0.29) is 22.1 Å². The minimum atomic E-state index is -4.27. The Morgan fingerprint density at radius 2 is 1.26 bits per heavy atom. The predicted molar refractivity (Wildman–Crippen MR) is 171 cm³/mol. The average molecular weight is 609 g/mol. The molecular weight excluding hydrogens is 569 g/mol. The molecule has 1 atom stereocenters. The molecule has 0 fully saturated rings. The van der Waals surface area contributed by atoms with Gasteiger partial charge in [0.1, 0.15) is 15.9 Å². The molecule has 0 amide bonds. The van der Waals surface area contributed by atoms with Gasteiger partial charge in [0.15, 0.2) is 21.0 Å². The van der Waals surface area contributed by atoms with E-state index in [1.165, 1.54) is 38.2 Å². The van der Waals surface area contributed by atoms with Gasteiger partial charge < -0.3 is 23.8 Å². The maximum atomic E-state index is 10.4.